The fraction of sp³-hybridized carbons (Fsp3) is 0.474. The molecule has 1 fully saturated rings. The van der Waals surface area contributed by atoms with Crippen molar-refractivity contribution in [2.75, 3.05) is 30.8 Å². The number of carbonyl (C=O) groups is 1. The lowest BCUT2D eigenvalue weighted by Crippen LogP contribution is -2.30. The summed E-state index contributed by atoms with van der Waals surface area (Å²) < 4.78 is 2.01. The van der Waals surface area contributed by atoms with Crippen molar-refractivity contribution < 1.29 is 4.79 Å². The van der Waals surface area contributed by atoms with Crippen molar-refractivity contribution in [2.24, 2.45) is 0 Å². The average Bonchev–Trinajstić information content (AvgIpc) is 3.40. The number of thiophene rings is 1. The molecule has 0 spiro atoms. The van der Waals surface area contributed by atoms with Gasteiger partial charge in [-0.05, 0) is 38.0 Å². The van der Waals surface area contributed by atoms with Crippen molar-refractivity contribution in [1.82, 2.24) is 24.8 Å². The van der Waals surface area contributed by atoms with E-state index in [1.807, 2.05) is 23.1 Å². The molecule has 1 saturated heterocycles. The average molecular weight is 417 g/mol. The second kappa shape index (κ2) is 8.91. The van der Waals surface area contributed by atoms with Gasteiger partial charge < -0.3 is 14.8 Å². The highest BCUT2D eigenvalue weighted by Gasteiger charge is 2.20. The highest BCUT2D eigenvalue weighted by atomic mass is 32.2. The second-order valence-corrected chi connectivity index (χ2v) is 8.63. The van der Waals surface area contributed by atoms with Crippen LogP contribution in [0, 0.1) is 0 Å². The van der Waals surface area contributed by atoms with Gasteiger partial charge in [0.2, 0.25) is 0 Å². The van der Waals surface area contributed by atoms with Crippen molar-refractivity contribution in [1.29, 1.82) is 0 Å². The summed E-state index contributed by atoms with van der Waals surface area (Å²) in [6.07, 6.45) is 12.0. The Morgan fingerprint density at radius 3 is 2.89 bits per heavy atom. The molecule has 1 N–H and O–H groups in total. The maximum atomic E-state index is 12.6. The monoisotopic (exact) mass is 416 g/mol. The number of aromatic nitrogens is 4. The highest BCUT2D eigenvalue weighted by molar-refractivity contribution is 7.98. The molecule has 1 aliphatic heterocycles. The Bertz CT molecular complexity index is 933. The Kier molecular flexibility index (Phi) is 6.11. The fourth-order valence-corrected chi connectivity index (χ4v) is 4.77. The van der Waals surface area contributed by atoms with Crippen molar-refractivity contribution in [3.05, 3.63) is 29.7 Å². The Balaban J connectivity index is 1.48. The first-order chi connectivity index (χ1) is 13.7. The van der Waals surface area contributed by atoms with Crippen LogP contribution in [0.25, 0.3) is 10.2 Å². The van der Waals surface area contributed by atoms with Crippen LogP contribution in [-0.2, 0) is 6.54 Å². The number of anilines is 1. The first-order valence-electron chi connectivity index (χ1n) is 9.59. The molecule has 7 nitrogen and oxygen atoms in total. The van der Waals surface area contributed by atoms with E-state index in [-0.39, 0.29) is 5.91 Å². The third-order valence-corrected chi connectivity index (χ3v) is 6.43. The summed E-state index contributed by atoms with van der Waals surface area (Å²) in [7, 11) is 0. The number of thioether (sulfide) groups is 1. The summed E-state index contributed by atoms with van der Waals surface area (Å²) in [6.45, 7) is 3.51. The molecule has 9 heteroatoms. The number of piperidine rings is 1. The summed E-state index contributed by atoms with van der Waals surface area (Å²) in [5.41, 5.74) is 0. The minimum Gasteiger partial charge on any atom is -0.356 e. The molecule has 0 aromatic carbocycles. The van der Waals surface area contributed by atoms with Crippen LogP contribution >= 0.6 is 23.1 Å². The lowest BCUT2D eigenvalue weighted by atomic mass is 10.1. The minimum atomic E-state index is -0.0380. The Labute approximate surface area is 172 Å². The first-order valence-corrected chi connectivity index (χ1v) is 11.6. The zero-order chi connectivity index (χ0) is 19.3. The molecule has 0 bridgehead atoms. The lowest BCUT2D eigenvalue weighted by molar-refractivity contribution is 0.0957. The van der Waals surface area contributed by atoms with Crippen LogP contribution in [0.1, 0.15) is 35.4 Å². The van der Waals surface area contributed by atoms with Gasteiger partial charge in [-0.1, -0.05) is 11.8 Å². The van der Waals surface area contributed by atoms with Crippen molar-refractivity contribution in [2.45, 2.75) is 37.4 Å². The molecule has 0 saturated carbocycles. The van der Waals surface area contributed by atoms with E-state index in [4.69, 9.17) is 4.98 Å². The van der Waals surface area contributed by atoms with Gasteiger partial charge in [0, 0.05) is 38.6 Å². The third kappa shape index (κ3) is 4.30. The Morgan fingerprint density at radius 1 is 1.29 bits per heavy atom. The molecule has 0 aliphatic carbocycles. The first kappa shape index (κ1) is 19.2. The molecule has 1 aliphatic rings. The molecule has 0 radical (unpaired) electrons. The van der Waals surface area contributed by atoms with E-state index in [2.05, 4.69) is 20.2 Å². The van der Waals surface area contributed by atoms with Gasteiger partial charge in [-0.2, -0.15) is 0 Å². The van der Waals surface area contributed by atoms with Gasteiger partial charge in [-0.3, -0.25) is 4.79 Å². The Morgan fingerprint density at radius 2 is 2.14 bits per heavy atom. The van der Waals surface area contributed by atoms with Crippen molar-refractivity contribution >= 4 is 45.0 Å². The molecule has 148 valence electrons. The van der Waals surface area contributed by atoms with Gasteiger partial charge in [0.25, 0.3) is 5.91 Å². The fourth-order valence-electron chi connectivity index (χ4n) is 3.41. The molecule has 28 heavy (non-hydrogen) atoms. The van der Waals surface area contributed by atoms with Gasteiger partial charge >= 0.3 is 0 Å². The number of nitrogens with zero attached hydrogens (tertiary/aromatic N) is 5. The Hall–Kier alpha value is -2.13. The molecule has 0 atom stereocenters. The van der Waals surface area contributed by atoms with E-state index in [1.54, 1.807) is 24.3 Å². The summed E-state index contributed by atoms with van der Waals surface area (Å²) in [5, 5.41) is 4.78. The van der Waals surface area contributed by atoms with Crippen LogP contribution in [0.3, 0.4) is 0 Å². The molecular formula is C19H24N6OS2. The van der Waals surface area contributed by atoms with Gasteiger partial charge in [-0.15, -0.1) is 11.3 Å². The lowest BCUT2D eigenvalue weighted by Gasteiger charge is -2.28. The molecule has 1 amide bonds. The normalized spacial score (nSPS) is 14.5. The maximum absolute atomic E-state index is 12.6. The van der Waals surface area contributed by atoms with E-state index in [9.17, 15) is 4.79 Å². The molecule has 4 heterocycles. The summed E-state index contributed by atoms with van der Waals surface area (Å²) in [5.74, 6) is 0.938. The number of nitrogens with one attached hydrogen (secondary N) is 1. The molecule has 0 unspecified atom stereocenters. The van der Waals surface area contributed by atoms with E-state index in [0.29, 0.717) is 11.4 Å². The maximum Gasteiger partial charge on any atom is 0.261 e. The number of carbonyl (C=O) groups excluding carboxylic acids is 1. The summed E-state index contributed by atoms with van der Waals surface area (Å²) in [6, 6.07) is 1.96. The summed E-state index contributed by atoms with van der Waals surface area (Å²) >= 11 is 3.00. The molecular weight excluding hydrogens is 392 g/mol. The van der Waals surface area contributed by atoms with E-state index in [1.165, 1.54) is 30.6 Å². The van der Waals surface area contributed by atoms with E-state index in [0.717, 1.165) is 47.2 Å². The number of rotatable bonds is 7. The van der Waals surface area contributed by atoms with Crippen LogP contribution < -0.4 is 10.2 Å². The number of amides is 1. The largest absolute Gasteiger partial charge is 0.356 e. The molecule has 3 aromatic heterocycles. The standard InChI is InChI=1S/C19H24N6OS2/c1-27-19-22-16(25-9-3-2-4-10-25)14-12-15(28-18(14)23-19)17(26)21-6-5-8-24-11-7-20-13-24/h7,11-13H,2-6,8-10H2,1H3,(H,21,26). The quantitative estimate of drug-likeness (QED) is 0.361. The predicted molar refractivity (Wildman–Crippen MR) is 114 cm³/mol. The van der Waals surface area contributed by atoms with Crippen molar-refractivity contribution in [3.63, 3.8) is 0 Å². The van der Waals surface area contributed by atoms with Gasteiger partial charge in [-0.25, -0.2) is 15.0 Å². The number of hydrogen-bond acceptors (Lipinski definition) is 7. The predicted octanol–water partition coefficient (Wildman–Crippen LogP) is 3.42. The SMILES string of the molecule is CSc1nc(N2CCCCC2)c2cc(C(=O)NCCCn3ccnc3)sc2n1. The van der Waals surface area contributed by atoms with Gasteiger partial charge in [0.05, 0.1) is 16.6 Å². The minimum absolute atomic E-state index is 0.0380. The van der Waals surface area contributed by atoms with Crippen LogP contribution in [0.15, 0.2) is 29.9 Å². The number of aryl methyl sites for hydroxylation is 1. The summed E-state index contributed by atoms with van der Waals surface area (Å²) in [4.78, 5) is 30.0. The molecule has 3 aromatic rings. The zero-order valence-electron chi connectivity index (χ0n) is 15.9. The van der Waals surface area contributed by atoms with Crippen LogP contribution in [0.4, 0.5) is 5.82 Å². The number of hydrogen-bond donors (Lipinski definition) is 1. The van der Waals surface area contributed by atoms with Gasteiger partial charge in [0.15, 0.2) is 5.16 Å². The van der Waals surface area contributed by atoms with Gasteiger partial charge in [0.1, 0.15) is 10.6 Å². The highest BCUT2D eigenvalue weighted by Crippen LogP contribution is 2.33. The van der Waals surface area contributed by atoms with Crippen LogP contribution in [0.2, 0.25) is 0 Å². The zero-order valence-corrected chi connectivity index (χ0v) is 17.6. The molecule has 4 rings (SSSR count). The van der Waals surface area contributed by atoms with Crippen LogP contribution in [0.5, 0.6) is 0 Å². The topological polar surface area (TPSA) is 75.9 Å². The number of imidazole rings is 1. The third-order valence-electron chi connectivity index (χ3n) is 4.85. The van der Waals surface area contributed by atoms with E-state index >= 15 is 0 Å². The van der Waals surface area contributed by atoms with Crippen LogP contribution in [-0.4, -0.2) is 51.3 Å². The van der Waals surface area contributed by atoms with E-state index < -0.39 is 0 Å². The second-order valence-electron chi connectivity index (χ2n) is 6.82. The smallest absolute Gasteiger partial charge is 0.261 e. The van der Waals surface area contributed by atoms with Crippen molar-refractivity contribution in [3.8, 4) is 0 Å². The number of fused-ring (bicyclic) bond motifs is 1.